The average molecular weight is 247 g/mol. The van der Waals surface area contributed by atoms with Gasteiger partial charge in [0.25, 0.3) is 0 Å². The van der Waals surface area contributed by atoms with Crippen LogP contribution in [0.1, 0.15) is 58.8 Å². The van der Waals surface area contributed by atoms with Crippen molar-refractivity contribution in [1.82, 2.24) is 5.32 Å². The van der Waals surface area contributed by atoms with Crippen LogP contribution in [0.5, 0.6) is 0 Å². The first kappa shape index (κ1) is 11.8. The second kappa shape index (κ2) is 4.23. The minimum Gasteiger partial charge on any atom is -0.311 e. The summed E-state index contributed by atoms with van der Waals surface area (Å²) < 4.78 is 0. The highest BCUT2D eigenvalue weighted by molar-refractivity contribution is 5.17. The quantitative estimate of drug-likeness (QED) is 0.799. The number of rotatable bonds is 3. The molecule has 18 heavy (non-hydrogen) atoms. The summed E-state index contributed by atoms with van der Waals surface area (Å²) >= 11 is 0. The van der Waals surface area contributed by atoms with Crippen molar-refractivity contribution in [3.63, 3.8) is 0 Å². The van der Waals surface area contributed by atoms with Crippen LogP contribution in [-0.2, 0) is 0 Å². The summed E-state index contributed by atoms with van der Waals surface area (Å²) in [6.07, 6.45) is 10.6. The Kier molecular flexibility index (Phi) is 2.76. The van der Waals surface area contributed by atoms with Gasteiger partial charge >= 0.3 is 0 Å². The molecule has 4 aliphatic carbocycles. The third-order valence-corrected chi connectivity index (χ3v) is 6.82. The van der Waals surface area contributed by atoms with Crippen LogP contribution in [-0.4, -0.2) is 12.1 Å². The molecular weight excluding hydrogens is 218 g/mol. The van der Waals surface area contributed by atoms with Gasteiger partial charge in [0.1, 0.15) is 0 Å². The minimum atomic E-state index is 0.862. The van der Waals surface area contributed by atoms with Crippen LogP contribution >= 0.6 is 0 Å². The van der Waals surface area contributed by atoms with Gasteiger partial charge in [0.05, 0.1) is 0 Å². The van der Waals surface area contributed by atoms with Crippen LogP contribution < -0.4 is 5.32 Å². The molecule has 4 rings (SSSR count). The smallest absolute Gasteiger partial charge is 0.0138 e. The summed E-state index contributed by atoms with van der Waals surface area (Å²) in [6, 6.07) is 1.81. The highest BCUT2D eigenvalue weighted by Gasteiger charge is 2.64. The molecule has 0 saturated heterocycles. The molecular formula is C17H29N. The molecule has 1 nitrogen and oxygen atoms in total. The van der Waals surface area contributed by atoms with Crippen LogP contribution in [0.2, 0.25) is 0 Å². The van der Waals surface area contributed by atoms with E-state index in [1.807, 2.05) is 0 Å². The summed E-state index contributed by atoms with van der Waals surface area (Å²) in [6.45, 7) is 4.83. The molecule has 4 fully saturated rings. The molecule has 6 unspecified atom stereocenters. The van der Waals surface area contributed by atoms with Gasteiger partial charge in [0, 0.05) is 12.1 Å². The van der Waals surface area contributed by atoms with Crippen molar-refractivity contribution in [2.24, 2.45) is 35.5 Å². The summed E-state index contributed by atoms with van der Waals surface area (Å²) in [5, 5.41) is 4.08. The van der Waals surface area contributed by atoms with Crippen molar-refractivity contribution in [2.75, 3.05) is 0 Å². The molecule has 0 heterocycles. The number of hydrogen-bond donors (Lipinski definition) is 1. The van der Waals surface area contributed by atoms with Gasteiger partial charge < -0.3 is 5.32 Å². The highest BCUT2D eigenvalue weighted by atomic mass is 15.0. The van der Waals surface area contributed by atoms with Crippen molar-refractivity contribution < 1.29 is 0 Å². The zero-order valence-corrected chi connectivity index (χ0v) is 12.1. The third kappa shape index (κ3) is 1.77. The van der Waals surface area contributed by atoms with Crippen molar-refractivity contribution in [1.29, 1.82) is 0 Å². The Morgan fingerprint density at radius 2 is 1.61 bits per heavy atom. The molecule has 102 valence electrons. The molecule has 0 spiro atoms. The molecule has 2 bridgehead atoms. The Hall–Kier alpha value is -0.0400. The molecule has 1 heteroatoms. The van der Waals surface area contributed by atoms with Gasteiger partial charge in [-0.1, -0.05) is 26.7 Å². The van der Waals surface area contributed by atoms with E-state index in [-0.39, 0.29) is 0 Å². The van der Waals surface area contributed by atoms with E-state index in [4.69, 9.17) is 0 Å². The van der Waals surface area contributed by atoms with Gasteiger partial charge in [-0.3, -0.25) is 0 Å². The van der Waals surface area contributed by atoms with Gasteiger partial charge in [0.2, 0.25) is 0 Å². The van der Waals surface area contributed by atoms with Crippen molar-refractivity contribution in [3.8, 4) is 0 Å². The molecule has 0 amide bonds. The van der Waals surface area contributed by atoms with E-state index in [1.54, 1.807) is 19.3 Å². The first-order chi connectivity index (χ1) is 8.74. The monoisotopic (exact) mass is 247 g/mol. The lowest BCUT2D eigenvalue weighted by molar-refractivity contribution is 0.224. The lowest BCUT2D eigenvalue weighted by atomic mass is 9.79. The fourth-order valence-electron chi connectivity index (χ4n) is 5.80. The minimum absolute atomic E-state index is 0.862. The second-order valence-corrected chi connectivity index (χ2v) is 8.05. The molecule has 0 aliphatic heterocycles. The van der Waals surface area contributed by atoms with Crippen molar-refractivity contribution >= 4 is 0 Å². The zero-order chi connectivity index (χ0) is 12.3. The Bertz CT molecular complexity index is 308. The van der Waals surface area contributed by atoms with Crippen LogP contribution in [0.4, 0.5) is 0 Å². The lowest BCUT2D eigenvalue weighted by Crippen LogP contribution is -2.38. The Balaban J connectivity index is 1.33. The van der Waals surface area contributed by atoms with Crippen LogP contribution in [0.25, 0.3) is 0 Å². The van der Waals surface area contributed by atoms with E-state index in [0.29, 0.717) is 0 Å². The van der Waals surface area contributed by atoms with Gasteiger partial charge in [-0.15, -0.1) is 0 Å². The lowest BCUT2D eigenvalue weighted by Gasteiger charge is -2.33. The summed E-state index contributed by atoms with van der Waals surface area (Å²) in [4.78, 5) is 0. The predicted octanol–water partition coefficient (Wildman–Crippen LogP) is 3.84. The molecule has 1 N–H and O–H groups in total. The Labute approximate surface area is 112 Å². The molecule has 0 aromatic heterocycles. The van der Waals surface area contributed by atoms with E-state index in [1.165, 1.54) is 25.7 Å². The maximum Gasteiger partial charge on any atom is 0.0138 e. The van der Waals surface area contributed by atoms with Gasteiger partial charge in [0.15, 0.2) is 0 Å². The maximum absolute atomic E-state index is 4.08. The number of hydrogen-bond acceptors (Lipinski definition) is 1. The van der Waals surface area contributed by atoms with Crippen LogP contribution in [0, 0.1) is 35.5 Å². The van der Waals surface area contributed by atoms with E-state index >= 15 is 0 Å². The zero-order valence-electron chi connectivity index (χ0n) is 12.1. The predicted molar refractivity (Wildman–Crippen MR) is 75.3 cm³/mol. The highest BCUT2D eigenvalue weighted by Crippen LogP contribution is 2.65. The largest absolute Gasteiger partial charge is 0.311 e. The number of fused-ring (bicyclic) bond motifs is 5. The topological polar surface area (TPSA) is 12.0 Å². The average Bonchev–Trinajstić information content (AvgIpc) is 2.77. The fourth-order valence-corrected chi connectivity index (χ4v) is 5.80. The fraction of sp³-hybridized carbons (Fsp3) is 1.00. The molecule has 6 atom stereocenters. The molecule has 0 radical (unpaired) electrons. The van der Waals surface area contributed by atoms with E-state index < -0.39 is 0 Å². The first-order valence-corrected chi connectivity index (χ1v) is 8.50. The Morgan fingerprint density at radius 3 is 2.28 bits per heavy atom. The SMILES string of the molecule is CC(C)C1CCCC(NC2C3C4CCC(C4)C23)C1. The Morgan fingerprint density at radius 1 is 0.889 bits per heavy atom. The van der Waals surface area contributed by atoms with E-state index in [9.17, 15) is 0 Å². The summed E-state index contributed by atoms with van der Waals surface area (Å²) in [5.41, 5.74) is 0. The third-order valence-electron chi connectivity index (χ3n) is 6.82. The van der Waals surface area contributed by atoms with Crippen molar-refractivity contribution in [2.45, 2.75) is 70.9 Å². The maximum atomic E-state index is 4.08. The normalized spacial score (nSPS) is 53.8. The molecule has 4 aliphatic rings. The number of nitrogens with one attached hydrogen (secondary N) is 1. The van der Waals surface area contributed by atoms with Gasteiger partial charge in [-0.2, -0.15) is 0 Å². The standard InChI is InChI=1S/C17H29N/c1-10(2)11-4-3-5-14(9-11)18-17-15-12-6-7-13(8-12)16(15)17/h10-18H,3-9H2,1-2H3. The molecule has 0 aromatic rings. The first-order valence-electron chi connectivity index (χ1n) is 8.50. The van der Waals surface area contributed by atoms with E-state index in [0.717, 1.165) is 47.6 Å². The van der Waals surface area contributed by atoms with Crippen LogP contribution in [0.15, 0.2) is 0 Å². The molecule has 4 saturated carbocycles. The molecule has 0 aromatic carbocycles. The van der Waals surface area contributed by atoms with Crippen LogP contribution in [0.3, 0.4) is 0 Å². The van der Waals surface area contributed by atoms with Gasteiger partial charge in [-0.25, -0.2) is 0 Å². The summed E-state index contributed by atoms with van der Waals surface area (Å²) in [5.74, 6) is 6.37. The van der Waals surface area contributed by atoms with Gasteiger partial charge in [-0.05, 0) is 67.6 Å². The van der Waals surface area contributed by atoms with E-state index in [2.05, 4.69) is 19.2 Å². The van der Waals surface area contributed by atoms with Crippen molar-refractivity contribution in [3.05, 3.63) is 0 Å². The second-order valence-electron chi connectivity index (χ2n) is 8.05. The summed E-state index contributed by atoms with van der Waals surface area (Å²) in [7, 11) is 0.